The molecule has 7 nitrogen and oxygen atoms in total. The third kappa shape index (κ3) is 5.63. The maximum absolute atomic E-state index is 12.8. The first kappa shape index (κ1) is 23.9. The number of amides is 2. The number of rotatable bonds is 8. The summed E-state index contributed by atoms with van der Waals surface area (Å²) < 4.78 is 16.7. The molecule has 180 valence electrons. The molecule has 3 aromatic carbocycles. The van der Waals surface area contributed by atoms with Crippen LogP contribution in [0.25, 0.3) is 6.08 Å². The Morgan fingerprint density at radius 2 is 1.89 bits per heavy atom. The minimum atomic E-state index is -0.619. The maximum Gasteiger partial charge on any atom is 0.268 e. The first-order valence-corrected chi connectivity index (χ1v) is 11.4. The van der Waals surface area contributed by atoms with Gasteiger partial charge < -0.3 is 24.4 Å². The number of benzene rings is 3. The Bertz CT molecular complexity index is 1240. The summed E-state index contributed by atoms with van der Waals surface area (Å²) in [5, 5.41) is 2.85. The largest absolute Gasteiger partial charge is 0.493 e. The zero-order valence-electron chi connectivity index (χ0n) is 20.0. The number of methoxy groups -OCH3 is 1. The third-order valence-corrected chi connectivity index (χ3v) is 5.53. The van der Waals surface area contributed by atoms with Crippen LogP contribution in [0.4, 0.5) is 11.4 Å². The number of hydrogen-bond acceptors (Lipinski definition) is 5. The Morgan fingerprint density at radius 1 is 1.09 bits per heavy atom. The lowest BCUT2D eigenvalue weighted by atomic mass is 10.1. The molecule has 1 aliphatic rings. The molecule has 0 saturated carbocycles. The molecule has 7 heteroatoms. The normalized spacial score (nSPS) is 14.9. The highest BCUT2D eigenvalue weighted by Crippen LogP contribution is 2.37. The van der Waals surface area contributed by atoms with Crippen molar-refractivity contribution in [3.8, 4) is 17.2 Å². The van der Waals surface area contributed by atoms with Crippen LogP contribution in [0.2, 0.25) is 0 Å². The fourth-order valence-electron chi connectivity index (χ4n) is 3.84. The van der Waals surface area contributed by atoms with Gasteiger partial charge in [0.2, 0.25) is 5.91 Å². The fourth-order valence-corrected chi connectivity index (χ4v) is 3.84. The van der Waals surface area contributed by atoms with Gasteiger partial charge in [0.25, 0.3) is 5.91 Å². The van der Waals surface area contributed by atoms with Crippen LogP contribution in [0.3, 0.4) is 0 Å². The number of carbonyl (C=O) groups excluding carboxylic acids is 2. The maximum atomic E-state index is 12.8. The van der Waals surface area contributed by atoms with Gasteiger partial charge in [-0.05, 0) is 55.3 Å². The summed E-state index contributed by atoms with van der Waals surface area (Å²) in [6.45, 7) is 4.61. The highest BCUT2D eigenvalue weighted by atomic mass is 16.5. The smallest absolute Gasteiger partial charge is 0.268 e. The summed E-state index contributed by atoms with van der Waals surface area (Å²) in [5.74, 6) is 1.40. The summed E-state index contributed by atoms with van der Waals surface area (Å²) in [6.07, 6.45) is 2.53. The zero-order chi connectivity index (χ0) is 24.8. The van der Waals surface area contributed by atoms with Gasteiger partial charge in [0.05, 0.1) is 25.9 Å². The number of nitrogens with zero attached hydrogens (tertiary/aromatic N) is 1. The van der Waals surface area contributed by atoms with E-state index in [1.54, 1.807) is 49.3 Å². The molecule has 0 saturated heterocycles. The molecule has 2 amide bonds. The minimum Gasteiger partial charge on any atom is -0.493 e. The summed E-state index contributed by atoms with van der Waals surface area (Å²) >= 11 is 0. The van der Waals surface area contributed by atoms with Crippen molar-refractivity contribution in [2.45, 2.75) is 26.5 Å². The topological polar surface area (TPSA) is 77.1 Å². The van der Waals surface area contributed by atoms with Crippen molar-refractivity contribution in [3.63, 3.8) is 0 Å². The number of fused-ring (bicyclic) bond motifs is 1. The van der Waals surface area contributed by atoms with Crippen LogP contribution >= 0.6 is 0 Å². The van der Waals surface area contributed by atoms with E-state index in [1.807, 2.05) is 49.4 Å². The molecular weight excluding hydrogens is 444 g/mol. The van der Waals surface area contributed by atoms with Gasteiger partial charge in [-0.15, -0.1) is 0 Å². The molecule has 0 aromatic heterocycles. The molecule has 0 spiro atoms. The van der Waals surface area contributed by atoms with Crippen LogP contribution < -0.4 is 24.4 Å². The van der Waals surface area contributed by atoms with E-state index in [4.69, 9.17) is 14.2 Å². The van der Waals surface area contributed by atoms with E-state index in [0.717, 1.165) is 11.1 Å². The molecule has 4 rings (SSSR count). The monoisotopic (exact) mass is 472 g/mol. The van der Waals surface area contributed by atoms with E-state index in [1.165, 1.54) is 6.08 Å². The number of hydrogen-bond donors (Lipinski definition) is 1. The third-order valence-electron chi connectivity index (χ3n) is 5.53. The molecule has 35 heavy (non-hydrogen) atoms. The van der Waals surface area contributed by atoms with Crippen LogP contribution in [0.15, 0.2) is 72.8 Å². The van der Waals surface area contributed by atoms with Crippen LogP contribution in [-0.4, -0.2) is 31.6 Å². The summed E-state index contributed by atoms with van der Waals surface area (Å²) in [7, 11) is 1.58. The van der Waals surface area contributed by atoms with E-state index in [9.17, 15) is 9.59 Å². The van der Waals surface area contributed by atoms with Gasteiger partial charge in [0.1, 0.15) is 5.75 Å². The van der Waals surface area contributed by atoms with Crippen molar-refractivity contribution in [1.82, 2.24) is 0 Å². The predicted molar refractivity (Wildman–Crippen MR) is 136 cm³/mol. The van der Waals surface area contributed by atoms with Crippen molar-refractivity contribution in [2.24, 2.45) is 0 Å². The van der Waals surface area contributed by atoms with Crippen LogP contribution in [0.5, 0.6) is 17.2 Å². The summed E-state index contributed by atoms with van der Waals surface area (Å²) in [6, 6.07) is 20.5. The van der Waals surface area contributed by atoms with Crippen LogP contribution in [0, 0.1) is 0 Å². The molecule has 0 aliphatic carbocycles. The van der Waals surface area contributed by atoms with E-state index >= 15 is 0 Å². The van der Waals surface area contributed by atoms with E-state index in [-0.39, 0.29) is 11.8 Å². The van der Waals surface area contributed by atoms with Crippen molar-refractivity contribution in [3.05, 3.63) is 83.9 Å². The Hall–Kier alpha value is -4.26. The summed E-state index contributed by atoms with van der Waals surface area (Å²) in [4.78, 5) is 27.0. The molecule has 0 fully saturated rings. The van der Waals surface area contributed by atoms with Crippen molar-refractivity contribution >= 4 is 29.3 Å². The molecule has 1 aliphatic heterocycles. The highest BCUT2D eigenvalue weighted by Gasteiger charge is 2.31. The molecule has 0 radical (unpaired) electrons. The van der Waals surface area contributed by atoms with Gasteiger partial charge in [0.15, 0.2) is 17.6 Å². The first-order valence-electron chi connectivity index (χ1n) is 11.4. The lowest BCUT2D eigenvalue weighted by molar-refractivity contribution is -0.125. The number of nitrogens with one attached hydrogen (secondary N) is 1. The Kier molecular flexibility index (Phi) is 7.35. The molecule has 0 bridgehead atoms. The Labute approximate surface area is 204 Å². The number of ether oxygens (including phenoxy) is 3. The molecule has 1 heterocycles. The predicted octanol–water partition coefficient (Wildman–Crippen LogP) is 5.06. The van der Waals surface area contributed by atoms with Crippen molar-refractivity contribution in [2.75, 3.05) is 23.9 Å². The standard InChI is InChI=1S/C28H28N2O5/c1-4-34-24-14-10-20(16-26(24)33-3)11-15-27(31)29-22-12-13-23-25(17-22)35-19(2)28(32)30(23)18-21-8-6-5-7-9-21/h5-17,19H,4,18H2,1-3H3,(H,29,31)/b15-11+. The van der Waals surface area contributed by atoms with Crippen molar-refractivity contribution in [1.29, 1.82) is 0 Å². The molecule has 1 unspecified atom stereocenters. The van der Waals surface area contributed by atoms with Gasteiger partial charge in [-0.1, -0.05) is 36.4 Å². The van der Waals surface area contributed by atoms with Gasteiger partial charge in [-0.25, -0.2) is 0 Å². The number of anilines is 2. The minimum absolute atomic E-state index is 0.105. The second-order valence-electron chi connectivity index (χ2n) is 8.02. The average molecular weight is 473 g/mol. The second kappa shape index (κ2) is 10.8. The SMILES string of the molecule is CCOc1ccc(/C=C/C(=O)Nc2ccc3c(c2)OC(C)C(=O)N3Cc2ccccc2)cc1OC. The van der Waals surface area contributed by atoms with Gasteiger partial charge in [-0.2, -0.15) is 0 Å². The van der Waals surface area contributed by atoms with Crippen molar-refractivity contribution < 1.29 is 23.8 Å². The van der Waals surface area contributed by atoms with E-state index < -0.39 is 6.10 Å². The van der Waals surface area contributed by atoms with Gasteiger partial charge in [-0.3, -0.25) is 9.59 Å². The average Bonchev–Trinajstić information content (AvgIpc) is 2.87. The fraction of sp³-hybridized carbons (Fsp3) is 0.214. The Morgan fingerprint density at radius 3 is 2.63 bits per heavy atom. The first-order chi connectivity index (χ1) is 17.0. The summed E-state index contributed by atoms with van der Waals surface area (Å²) in [5.41, 5.74) is 3.07. The molecule has 1 atom stereocenters. The Balaban J connectivity index is 1.47. The second-order valence-corrected chi connectivity index (χ2v) is 8.02. The van der Waals surface area contributed by atoms with Crippen LogP contribution in [-0.2, 0) is 16.1 Å². The zero-order valence-corrected chi connectivity index (χ0v) is 20.0. The molecule has 3 aromatic rings. The van der Waals surface area contributed by atoms with E-state index in [2.05, 4.69) is 5.32 Å². The quantitative estimate of drug-likeness (QED) is 0.464. The van der Waals surface area contributed by atoms with Gasteiger partial charge in [0, 0.05) is 17.8 Å². The lowest BCUT2D eigenvalue weighted by Crippen LogP contribution is -2.44. The number of carbonyl (C=O) groups is 2. The van der Waals surface area contributed by atoms with Crippen LogP contribution in [0.1, 0.15) is 25.0 Å². The molecular formula is C28H28N2O5. The molecule has 1 N–H and O–H groups in total. The van der Waals surface area contributed by atoms with Gasteiger partial charge >= 0.3 is 0 Å². The lowest BCUT2D eigenvalue weighted by Gasteiger charge is -2.33. The highest BCUT2D eigenvalue weighted by molar-refractivity contribution is 6.03. The van der Waals surface area contributed by atoms with E-state index in [0.29, 0.717) is 41.8 Å².